The van der Waals surface area contributed by atoms with Crippen LogP contribution in [0.25, 0.3) is 0 Å². The standard InChI is InChI=1S/C6H14N2O/c1-6(7)5-8(2)3-4-9-6/h3-5,7H2,1-2H3. The zero-order valence-electron chi connectivity index (χ0n) is 6.05. The van der Waals surface area contributed by atoms with Crippen molar-refractivity contribution < 1.29 is 4.74 Å². The second-order valence-electron chi connectivity index (χ2n) is 2.90. The third kappa shape index (κ3) is 1.93. The van der Waals surface area contributed by atoms with Crippen LogP contribution in [0.1, 0.15) is 6.92 Å². The SMILES string of the molecule is CN1CCOC(C)(N)C1. The van der Waals surface area contributed by atoms with E-state index in [1.165, 1.54) is 0 Å². The molecule has 0 amide bonds. The van der Waals surface area contributed by atoms with Crippen molar-refractivity contribution >= 4 is 0 Å². The average Bonchev–Trinajstić information content (AvgIpc) is 1.60. The van der Waals surface area contributed by atoms with Gasteiger partial charge in [-0.15, -0.1) is 0 Å². The Balaban J connectivity index is 2.41. The first-order valence-corrected chi connectivity index (χ1v) is 3.21. The van der Waals surface area contributed by atoms with Gasteiger partial charge in [-0.05, 0) is 14.0 Å². The predicted molar refractivity (Wildman–Crippen MR) is 36.0 cm³/mol. The molecule has 2 N–H and O–H groups in total. The van der Waals surface area contributed by atoms with Crippen molar-refractivity contribution in [2.45, 2.75) is 12.6 Å². The van der Waals surface area contributed by atoms with E-state index in [1.807, 2.05) is 14.0 Å². The average molecular weight is 130 g/mol. The number of rotatable bonds is 0. The van der Waals surface area contributed by atoms with Crippen LogP contribution in [-0.4, -0.2) is 37.4 Å². The lowest BCUT2D eigenvalue weighted by atomic mass is 10.2. The maximum atomic E-state index is 5.70. The third-order valence-electron chi connectivity index (χ3n) is 1.49. The van der Waals surface area contributed by atoms with Gasteiger partial charge >= 0.3 is 0 Å². The molecule has 1 unspecified atom stereocenters. The van der Waals surface area contributed by atoms with Crippen molar-refractivity contribution in [2.24, 2.45) is 5.73 Å². The fourth-order valence-corrected chi connectivity index (χ4v) is 1.10. The Morgan fingerprint density at radius 2 is 2.33 bits per heavy atom. The fraction of sp³-hybridized carbons (Fsp3) is 1.00. The van der Waals surface area contributed by atoms with E-state index in [2.05, 4.69) is 4.90 Å². The minimum absolute atomic E-state index is 0.424. The van der Waals surface area contributed by atoms with Gasteiger partial charge in [0.2, 0.25) is 0 Å². The van der Waals surface area contributed by atoms with Crippen molar-refractivity contribution in [3.05, 3.63) is 0 Å². The second kappa shape index (κ2) is 2.25. The maximum absolute atomic E-state index is 5.70. The molecule has 9 heavy (non-hydrogen) atoms. The second-order valence-corrected chi connectivity index (χ2v) is 2.90. The van der Waals surface area contributed by atoms with Gasteiger partial charge in [0.15, 0.2) is 0 Å². The van der Waals surface area contributed by atoms with Gasteiger partial charge in [-0.25, -0.2) is 0 Å². The molecule has 1 aliphatic rings. The molecule has 1 heterocycles. The molecule has 54 valence electrons. The molecule has 1 aliphatic heterocycles. The fourth-order valence-electron chi connectivity index (χ4n) is 1.10. The molecule has 0 aromatic heterocycles. The van der Waals surface area contributed by atoms with E-state index in [-0.39, 0.29) is 0 Å². The van der Waals surface area contributed by atoms with E-state index < -0.39 is 5.72 Å². The minimum Gasteiger partial charge on any atom is -0.358 e. The summed E-state index contributed by atoms with van der Waals surface area (Å²) in [6.07, 6.45) is 0. The molecule has 3 heteroatoms. The van der Waals surface area contributed by atoms with Gasteiger partial charge in [0.05, 0.1) is 6.61 Å². The molecular formula is C6H14N2O. The number of nitrogens with zero attached hydrogens (tertiary/aromatic N) is 1. The highest BCUT2D eigenvalue weighted by atomic mass is 16.5. The first-order valence-electron chi connectivity index (χ1n) is 3.21. The van der Waals surface area contributed by atoms with Crippen LogP contribution in [0.15, 0.2) is 0 Å². The van der Waals surface area contributed by atoms with Crippen molar-refractivity contribution in [2.75, 3.05) is 26.7 Å². The van der Waals surface area contributed by atoms with Gasteiger partial charge in [-0.1, -0.05) is 0 Å². The van der Waals surface area contributed by atoms with Crippen LogP contribution in [0.3, 0.4) is 0 Å². The number of hydrogen-bond donors (Lipinski definition) is 1. The lowest BCUT2D eigenvalue weighted by Crippen LogP contribution is -2.54. The molecule has 0 radical (unpaired) electrons. The molecule has 1 fully saturated rings. The molecule has 1 saturated heterocycles. The summed E-state index contributed by atoms with van der Waals surface area (Å²) in [6, 6.07) is 0. The summed E-state index contributed by atoms with van der Waals surface area (Å²) in [5.41, 5.74) is 5.28. The number of ether oxygens (including phenoxy) is 1. The van der Waals surface area contributed by atoms with Crippen LogP contribution in [0.4, 0.5) is 0 Å². The molecular weight excluding hydrogens is 116 g/mol. The highest BCUT2D eigenvalue weighted by Crippen LogP contribution is 2.08. The summed E-state index contributed by atoms with van der Waals surface area (Å²) in [5, 5.41) is 0. The van der Waals surface area contributed by atoms with Crippen LogP contribution >= 0.6 is 0 Å². The lowest BCUT2D eigenvalue weighted by molar-refractivity contribution is -0.0870. The summed E-state index contributed by atoms with van der Waals surface area (Å²) < 4.78 is 5.27. The molecule has 0 spiro atoms. The van der Waals surface area contributed by atoms with Gasteiger partial charge in [-0.2, -0.15) is 0 Å². The van der Waals surface area contributed by atoms with Crippen molar-refractivity contribution in [3.63, 3.8) is 0 Å². The van der Waals surface area contributed by atoms with Gasteiger partial charge in [0.25, 0.3) is 0 Å². The van der Waals surface area contributed by atoms with Crippen LogP contribution in [0.2, 0.25) is 0 Å². The zero-order valence-corrected chi connectivity index (χ0v) is 6.05. The summed E-state index contributed by atoms with van der Waals surface area (Å²) >= 11 is 0. The molecule has 3 nitrogen and oxygen atoms in total. The molecule has 1 atom stereocenters. The number of likely N-dealkylation sites (N-methyl/N-ethyl adjacent to an activating group) is 1. The highest BCUT2D eigenvalue weighted by molar-refractivity contribution is 4.75. The van der Waals surface area contributed by atoms with Crippen molar-refractivity contribution in [1.29, 1.82) is 0 Å². The van der Waals surface area contributed by atoms with Crippen LogP contribution in [0.5, 0.6) is 0 Å². The quantitative estimate of drug-likeness (QED) is 0.486. The summed E-state index contributed by atoms with van der Waals surface area (Å²) in [6.45, 7) is 4.48. The zero-order chi connectivity index (χ0) is 6.91. The third-order valence-corrected chi connectivity index (χ3v) is 1.49. The molecule has 0 aromatic rings. The summed E-state index contributed by atoms with van der Waals surface area (Å²) in [5.74, 6) is 0. The van der Waals surface area contributed by atoms with Crippen molar-refractivity contribution in [1.82, 2.24) is 4.90 Å². The Hall–Kier alpha value is -0.120. The first-order chi connectivity index (χ1) is 4.10. The Morgan fingerprint density at radius 3 is 2.67 bits per heavy atom. The topological polar surface area (TPSA) is 38.5 Å². The van der Waals surface area contributed by atoms with E-state index in [4.69, 9.17) is 10.5 Å². The van der Waals surface area contributed by atoms with E-state index in [0.29, 0.717) is 0 Å². The largest absolute Gasteiger partial charge is 0.358 e. The smallest absolute Gasteiger partial charge is 0.126 e. The minimum atomic E-state index is -0.424. The maximum Gasteiger partial charge on any atom is 0.126 e. The molecule has 0 aliphatic carbocycles. The number of hydrogen-bond acceptors (Lipinski definition) is 3. The van der Waals surface area contributed by atoms with Gasteiger partial charge < -0.3 is 10.5 Å². The predicted octanol–water partition coefficient (Wildman–Crippen LogP) is -0.377. The monoisotopic (exact) mass is 130 g/mol. The van der Waals surface area contributed by atoms with E-state index in [0.717, 1.165) is 19.7 Å². The molecule has 1 rings (SSSR count). The number of nitrogens with two attached hydrogens (primary N) is 1. The van der Waals surface area contributed by atoms with Gasteiger partial charge in [0.1, 0.15) is 5.72 Å². The Bertz CT molecular complexity index is 103. The van der Waals surface area contributed by atoms with Gasteiger partial charge in [0, 0.05) is 13.1 Å². The van der Waals surface area contributed by atoms with E-state index >= 15 is 0 Å². The Labute approximate surface area is 55.8 Å². The van der Waals surface area contributed by atoms with E-state index in [9.17, 15) is 0 Å². The molecule has 0 aromatic carbocycles. The first kappa shape index (κ1) is 6.99. The highest BCUT2D eigenvalue weighted by Gasteiger charge is 2.24. The van der Waals surface area contributed by atoms with Crippen molar-refractivity contribution in [3.8, 4) is 0 Å². The number of morpholine rings is 1. The van der Waals surface area contributed by atoms with Crippen LogP contribution in [-0.2, 0) is 4.74 Å². The summed E-state index contributed by atoms with van der Waals surface area (Å²) in [7, 11) is 2.05. The molecule has 0 bridgehead atoms. The van der Waals surface area contributed by atoms with Gasteiger partial charge in [-0.3, -0.25) is 4.90 Å². The Morgan fingerprint density at radius 1 is 1.67 bits per heavy atom. The van der Waals surface area contributed by atoms with E-state index in [1.54, 1.807) is 0 Å². The lowest BCUT2D eigenvalue weighted by Gasteiger charge is -2.35. The van der Waals surface area contributed by atoms with Crippen LogP contribution < -0.4 is 5.73 Å². The molecule has 0 saturated carbocycles. The normalized spacial score (nSPS) is 39.0. The van der Waals surface area contributed by atoms with Crippen LogP contribution in [0, 0.1) is 0 Å². The summed E-state index contributed by atoms with van der Waals surface area (Å²) in [4.78, 5) is 2.17. The Kier molecular flexibility index (Phi) is 1.75.